The van der Waals surface area contributed by atoms with E-state index in [-0.39, 0.29) is 12.5 Å². The summed E-state index contributed by atoms with van der Waals surface area (Å²) in [6.45, 7) is 0.189. The van der Waals surface area contributed by atoms with E-state index in [1.807, 2.05) is 6.07 Å². The Balaban J connectivity index is 1.53. The molecule has 9 heteroatoms. The predicted octanol–water partition coefficient (Wildman–Crippen LogP) is 7.00. The summed E-state index contributed by atoms with van der Waals surface area (Å²) in [5.41, 5.74) is 2.15. The van der Waals surface area contributed by atoms with Gasteiger partial charge < -0.3 is 14.2 Å². The molecular weight excluding hydrogens is 513 g/mol. The zero-order valence-corrected chi connectivity index (χ0v) is 21.4. The molecule has 0 N–H and O–H groups in total. The molecule has 1 amide bonds. The number of carbonyl (C=O) groups is 1. The molecular formula is C25H19Cl2NO4S2. The van der Waals surface area contributed by atoms with Crippen molar-refractivity contribution in [2.24, 2.45) is 0 Å². The topological polar surface area (TPSA) is 48.0 Å². The maximum atomic E-state index is 13.1. The van der Waals surface area contributed by atoms with Gasteiger partial charge in [0.05, 0.1) is 24.8 Å². The Kier molecular flexibility index (Phi) is 7.68. The number of hydrogen-bond acceptors (Lipinski definition) is 6. The zero-order valence-electron chi connectivity index (χ0n) is 18.2. The summed E-state index contributed by atoms with van der Waals surface area (Å²) < 4.78 is 17.1. The Labute approximate surface area is 217 Å². The van der Waals surface area contributed by atoms with Crippen LogP contribution < -0.4 is 19.1 Å². The minimum Gasteiger partial charge on any atom is -0.497 e. The van der Waals surface area contributed by atoms with Crippen molar-refractivity contribution in [1.29, 1.82) is 0 Å². The lowest BCUT2D eigenvalue weighted by molar-refractivity contribution is -0.113. The van der Waals surface area contributed by atoms with Crippen LogP contribution in [0.2, 0.25) is 10.0 Å². The number of rotatable bonds is 7. The van der Waals surface area contributed by atoms with E-state index in [1.165, 1.54) is 16.7 Å². The van der Waals surface area contributed by atoms with Crippen molar-refractivity contribution < 1.29 is 19.0 Å². The standard InChI is InChI=1S/C25H19Cl2NO4S2/c1-30-17-9-7-16(8-10-17)28-24(29)23(34-25(28)33)13-15-6-11-21(22(12-15)31-2)32-14-18-19(26)4-3-5-20(18)27/h3-13H,14H2,1-2H3/b23-13+. The summed E-state index contributed by atoms with van der Waals surface area (Å²) in [6, 6.07) is 17.9. The minimum atomic E-state index is -0.187. The van der Waals surface area contributed by atoms with Crippen LogP contribution in [-0.2, 0) is 11.4 Å². The Hall–Kier alpha value is -2.71. The van der Waals surface area contributed by atoms with Crippen molar-refractivity contribution in [3.8, 4) is 17.2 Å². The third-order valence-electron chi connectivity index (χ3n) is 5.04. The molecule has 1 fully saturated rings. The highest BCUT2D eigenvalue weighted by Crippen LogP contribution is 2.38. The van der Waals surface area contributed by atoms with E-state index in [2.05, 4.69) is 0 Å². The maximum absolute atomic E-state index is 13.1. The second-order valence-corrected chi connectivity index (χ2v) is 9.60. The van der Waals surface area contributed by atoms with Crippen molar-refractivity contribution in [2.45, 2.75) is 6.61 Å². The second-order valence-electron chi connectivity index (χ2n) is 7.11. The maximum Gasteiger partial charge on any atom is 0.270 e. The van der Waals surface area contributed by atoms with E-state index in [1.54, 1.807) is 74.9 Å². The van der Waals surface area contributed by atoms with Gasteiger partial charge in [-0.3, -0.25) is 9.69 Å². The molecule has 0 unspecified atom stereocenters. The summed E-state index contributed by atoms with van der Waals surface area (Å²) in [4.78, 5) is 15.1. The van der Waals surface area contributed by atoms with Crippen LogP contribution in [0, 0.1) is 0 Å². The zero-order chi connectivity index (χ0) is 24.2. The van der Waals surface area contributed by atoms with Gasteiger partial charge in [-0.1, -0.05) is 59.3 Å². The summed E-state index contributed by atoms with van der Waals surface area (Å²) >= 11 is 19.2. The van der Waals surface area contributed by atoms with Crippen LogP contribution in [0.1, 0.15) is 11.1 Å². The predicted molar refractivity (Wildman–Crippen MR) is 142 cm³/mol. The first kappa shape index (κ1) is 24.4. The molecule has 0 aromatic heterocycles. The van der Waals surface area contributed by atoms with Crippen LogP contribution >= 0.6 is 47.2 Å². The average molecular weight is 532 g/mol. The molecule has 1 saturated heterocycles. The molecule has 3 aromatic carbocycles. The quantitative estimate of drug-likeness (QED) is 0.241. The smallest absolute Gasteiger partial charge is 0.270 e. The number of thiocarbonyl (C=S) groups is 1. The van der Waals surface area contributed by atoms with Gasteiger partial charge in [-0.25, -0.2) is 0 Å². The number of anilines is 1. The first-order valence-corrected chi connectivity index (χ1v) is 12.0. The van der Waals surface area contributed by atoms with Gasteiger partial charge >= 0.3 is 0 Å². The molecule has 1 aliphatic heterocycles. The van der Waals surface area contributed by atoms with Crippen molar-refractivity contribution >= 4 is 69.2 Å². The summed E-state index contributed by atoms with van der Waals surface area (Å²) in [5, 5.41) is 1.06. The first-order chi connectivity index (χ1) is 16.4. The Morgan fingerprint density at radius 3 is 2.32 bits per heavy atom. The van der Waals surface area contributed by atoms with Crippen LogP contribution in [0.15, 0.2) is 65.6 Å². The number of hydrogen-bond donors (Lipinski definition) is 0. The van der Waals surface area contributed by atoms with Gasteiger partial charge in [0.2, 0.25) is 0 Å². The van der Waals surface area contributed by atoms with Crippen molar-refractivity contribution in [3.63, 3.8) is 0 Å². The van der Waals surface area contributed by atoms with Crippen LogP contribution in [-0.4, -0.2) is 24.4 Å². The highest BCUT2D eigenvalue weighted by atomic mass is 35.5. The largest absolute Gasteiger partial charge is 0.497 e. The number of carbonyl (C=O) groups excluding carboxylic acids is 1. The second kappa shape index (κ2) is 10.7. The van der Waals surface area contributed by atoms with Gasteiger partial charge in [0.25, 0.3) is 5.91 Å². The number of amides is 1. The van der Waals surface area contributed by atoms with E-state index < -0.39 is 0 Å². The van der Waals surface area contributed by atoms with Crippen molar-refractivity contribution in [2.75, 3.05) is 19.1 Å². The Morgan fingerprint density at radius 1 is 0.971 bits per heavy atom. The summed E-state index contributed by atoms with van der Waals surface area (Å²) in [7, 11) is 3.14. The minimum absolute atomic E-state index is 0.187. The lowest BCUT2D eigenvalue weighted by Gasteiger charge is -2.14. The summed E-state index contributed by atoms with van der Waals surface area (Å²) in [5.74, 6) is 1.56. The van der Waals surface area contributed by atoms with Gasteiger partial charge in [-0.15, -0.1) is 0 Å². The SMILES string of the molecule is COc1ccc(N2C(=O)/C(=C\c3ccc(OCc4c(Cl)cccc4Cl)c(OC)c3)SC2=S)cc1. The molecule has 0 radical (unpaired) electrons. The van der Waals surface area contributed by atoms with Gasteiger partial charge in [0, 0.05) is 15.6 Å². The number of ether oxygens (including phenoxy) is 3. The Bertz CT molecular complexity index is 1260. The molecule has 174 valence electrons. The van der Waals surface area contributed by atoms with Crippen LogP contribution in [0.3, 0.4) is 0 Å². The number of thioether (sulfide) groups is 1. The van der Waals surface area contributed by atoms with Crippen LogP contribution in [0.4, 0.5) is 5.69 Å². The number of methoxy groups -OCH3 is 2. The van der Waals surface area contributed by atoms with E-state index in [0.717, 1.165) is 5.56 Å². The van der Waals surface area contributed by atoms with Gasteiger partial charge in [-0.05, 0) is 60.2 Å². The lowest BCUT2D eigenvalue weighted by atomic mass is 10.1. The van der Waals surface area contributed by atoms with Crippen LogP contribution in [0.25, 0.3) is 6.08 Å². The first-order valence-electron chi connectivity index (χ1n) is 10.1. The number of halogens is 2. The molecule has 3 aromatic rings. The molecule has 0 atom stereocenters. The molecule has 0 saturated carbocycles. The normalized spacial score (nSPS) is 14.6. The van der Waals surface area contributed by atoms with Crippen molar-refractivity contribution in [1.82, 2.24) is 0 Å². The van der Waals surface area contributed by atoms with Crippen LogP contribution in [0.5, 0.6) is 17.2 Å². The molecule has 1 aliphatic rings. The summed E-state index contributed by atoms with van der Waals surface area (Å²) in [6.07, 6.45) is 1.78. The van der Waals surface area contributed by atoms with E-state index in [4.69, 9.17) is 49.6 Å². The molecule has 5 nitrogen and oxygen atoms in total. The molecule has 0 spiro atoms. The van der Waals surface area contributed by atoms with E-state index in [9.17, 15) is 4.79 Å². The van der Waals surface area contributed by atoms with Crippen molar-refractivity contribution in [3.05, 3.63) is 86.7 Å². The lowest BCUT2D eigenvalue weighted by Crippen LogP contribution is -2.27. The molecule has 34 heavy (non-hydrogen) atoms. The fraction of sp³-hybridized carbons (Fsp3) is 0.120. The number of benzene rings is 3. The fourth-order valence-electron chi connectivity index (χ4n) is 3.29. The average Bonchev–Trinajstić information content (AvgIpc) is 3.11. The van der Waals surface area contributed by atoms with Gasteiger partial charge in [0.15, 0.2) is 15.8 Å². The number of nitrogens with zero attached hydrogens (tertiary/aromatic N) is 1. The molecule has 1 heterocycles. The van der Waals surface area contributed by atoms with E-state index >= 15 is 0 Å². The third kappa shape index (κ3) is 5.18. The highest BCUT2D eigenvalue weighted by Gasteiger charge is 2.33. The monoisotopic (exact) mass is 531 g/mol. The molecule has 0 bridgehead atoms. The molecule has 4 rings (SSSR count). The van der Waals surface area contributed by atoms with E-state index in [0.29, 0.717) is 47.8 Å². The molecule has 0 aliphatic carbocycles. The third-order valence-corrected chi connectivity index (χ3v) is 7.05. The van der Waals surface area contributed by atoms with Gasteiger partial charge in [-0.2, -0.15) is 0 Å². The highest BCUT2D eigenvalue weighted by molar-refractivity contribution is 8.27. The fourth-order valence-corrected chi connectivity index (χ4v) is 5.09. The Morgan fingerprint density at radius 2 is 1.68 bits per heavy atom. The van der Waals surface area contributed by atoms with Gasteiger partial charge in [0.1, 0.15) is 12.4 Å².